The first-order valence-electron chi connectivity index (χ1n) is 10.7. The number of piperidine rings is 1. The van der Waals surface area contributed by atoms with Crippen molar-refractivity contribution in [1.82, 2.24) is 9.21 Å². The van der Waals surface area contributed by atoms with Gasteiger partial charge in [0.1, 0.15) is 22.3 Å². The van der Waals surface area contributed by atoms with Crippen molar-refractivity contribution in [3.8, 4) is 5.75 Å². The molecular formula is C23H26F2N2O4S. The number of carbonyl (C=O) groups is 1. The van der Waals surface area contributed by atoms with Crippen LogP contribution in [-0.4, -0.2) is 49.8 Å². The molecule has 2 aliphatic rings. The van der Waals surface area contributed by atoms with Gasteiger partial charge >= 0.3 is 0 Å². The van der Waals surface area contributed by atoms with Crippen molar-refractivity contribution >= 4 is 15.9 Å². The van der Waals surface area contributed by atoms with Crippen LogP contribution in [0.15, 0.2) is 47.4 Å². The molecule has 2 aromatic rings. The Morgan fingerprint density at radius 1 is 1.06 bits per heavy atom. The predicted molar refractivity (Wildman–Crippen MR) is 114 cm³/mol. The number of sulfonamides is 1. The number of carbonyl (C=O) groups excluding carboxylic acids is 1. The second-order valence-electron chi connectivity index (χ2n) is 8.30. The van der Waals surface area contributed by atoms with Gasteiger partial charge in [0.15, 0.2) is 0 Å². The van der Waals surface area contributed by atoms with Gasteiger partial charge in [-0.25, -0.2) is 17.2 Å². The summed E-state index contributed by atoms with van der Waals surface area (Å²) in [6, 6.07) is 10.2. The molecule has 1 saturated heterocycles. The zero-order chi connectivity index (χ0) is 22.9. The van der Waals surface area contributed by atoms with Crippen LogP contribution in [-0.2, 0) is 21.4 Å². The minimum absolute atomic E-state index is 0.0253. The fraction of sp³-hybridized carbons (Fsp3) is 0.435. The number of amides is 1. The third kappa shape index (κ3) is 4.78. The van der Waals surface area contributed by atoms with E-state index < -0.39 is 26.6 Å². The van der Waals surface area contributed by atoms with Gasteiger partial charge in [0.25, 0.3) is 0 Å². The molecule has 0 radical (unpaired) electrons. The smallest absolute Gasteiger partial charge is 0.246 e. The summed E-state index contributed by atoms with van der Waals surface area (Å²) in [6.45, 7) is 0.686. The Balaban J connectivity index is 1.42. The van der Waals surface area contributed by atoms with Crippen LogP contribution < -0.4 is 4.74 Å². The standard InChI is InChI=1S/C23H26F2N2O4S/c1-31-20-7-2-16(3-8-20)15-27(19-5-6-19)23(28)17-10-12-26(13-11-17)32(29,30)22-14-18(24)4-9-21(22)25/h2-4,7-9,14,17,19H,5-6,10-13,15H2,1H3. The maximum absolute atomic E-state index is 14.0. The van der Waals surface area contributed by atoms with Crippen molar-refractivity contribution in [3.63, 3.8) is 0 Å². The van der Waals surface area contributed by atoms with Gasteiger partial charge < -0.3 is 9.64 Å². The Morgan fingerprint density at radius 2 is 1.72 bits per heavy atom. The molecule has 9 heteroatoms. The van der Waals surface area contributed by atoms with Crippen molar-refractivity contribution in [2.75, 3.05) is 20.2 Å². The highest BCUT2D eigenvalue weighted by Crippen LogP contribution is 2.33. The largest absolute Gasteiger partial charge is 0.497 e. The third-order valence-corrected chi connectivity index (χ3v) is 8.01. The molecule has 6 nitrogen and oxygen atoms in total. The van der Waals surface area contributed by atoms with Crippen molar-refractivity contribution in [2.24, 2.45) is 5.92 Å². The molecular weight excluding hydrogens is 438 g/mol. The Morgan fingerprint density at radius 3 is 2.31 bits per heavy atom. The van der Waals surface area contributed by atoms with E-state index in [-0.39, 0.29) is 31.0 Å². The molecule has 0 unspecified atom stereocenters. The maximum Gasteiger partial charge on any atom is 0.246 e. The van der Waals surface area contributed by atoms with Crippen LogP contribution in [0.3, 0.4) is 0 Å². The van der Waals surface area contributed by atoms with Gasteiger partial charge in [0.05, 0.1) is 7.11 Å². The third-order valence-electron chi connectivity index (χ3n) is 6.10. The van der Waals surface area contributed by atoms with Crippen molar-refractivity contribution < 1.29 is 26.7 Å². The molecule has 2 fully saturated rings. The van der Waals surface area contributed by atoms with E-state index in [2.05, 4.69) is 0 Å². The van der Waals surface area contributed by atoms with Crippen molar-refractivity contribution in [1.29, 1.82) is 0 Å². The van der Waals surface area contributed by atoms with Gasteiger partial charge in [-0.05, 0) is 61.6 Å². The molecule has 1 aliphatic carbocycles. The van der Waals surface area contributed by atoms with E-state index in [1.807, 2.05) is 29.2 Å². The summed E-state index contributed by atoms with van der Waals surface area (Å²) in [4.78, 5) is 14.5. The van der Waals surface area contributed by atoms with E-state index >= 15 is 0 Å². The van der Waals surface area contributed by atoms with Gasteiger partial charge in [-0.1, -0.05) is 12.1 Å². The quantitative estimate of drug-likeness (QED) is 0.629. The number of benzene rings is 2. The van der Waals surface area contributed by atoms with E-state index in [1.165, 1.54) is 0 Å². The Labute approximate surface area is 186 Å². The molecule has 0 bridgehead atoms. The van der Waals surface area contributed by atoms with Gasteiger partial charge in [0, 0.05) is 31.6 Å². The zero-order valence-electron chi connectivity index (χ0n) is 17.8. The summed E-state index contributed by atoms with van der Waals surface area (Å²) in [7, 11) is -2.56. The molecule has 1 heterocycles. The lowest BCUT2D eigenvalue weighted by Crippen LogP contribution is -2.45. The van der Waals surface area contributed by atoms with Gasteiger partial charge in [-0.3, -0.25) is 4.79 Å². The summed E-state index contributed by atoms with van der Waals surface area (Å²) in [6.07, 6.45) is 2.63. The monoisotopic (exact) mass is 464 g/mol. The summed E-state index contributed by atoms with van der Waals surface area (Å²) in [5.74, 6) is -1.31. The fourth-order valence-corrected chi connectivity index (χ4v) is 5.64. The van der Waals surface area contributed by atoms with Crippen LogP contribution in [0.2, 0.25) is 0 Å². The first-order valence-corrected chi connectivity index (χ1v) is 12.1. The number of hydrogen-bond donors (Lipinski definition) is 0. The first-order chi connectivity index (χ1) is 15.3. The number of ether oxygens (including phenoxy) is 1. The highest BCUT2D eigenvalue weighted by Gasteiger charge is 2.39. The molecule has 32 heavy (non-hydrogen) atoms. The van der Waals surface area contributed by atoms with E-state index in [1.54, 1.807) is 7.11 Å². The Bertz CT molecular complexity index is 1080. The molecule has 0 spiro atoms. The van der Waals surface area contributed by atoms with Crippen LogP contribution in [0.25, 0.3) is 0 Å². The van der Waals surface area contributed by atoms with Crippen LogP contribution in [0.5, 0.6) is 5.75 Å². The van der Waals surface area contributed by atoms with E-state index in [4.69, 9.17) is 4.74 Å². The number of nitrogens with zero attached hydrogens (tertiary/aromatic N) is 2. The summed E-state index contributed by atoms with van der Waals surface area (Å²) < 4.78 is 59.4. The highest BCUT2D eigenvalue weighted by atomic mass is 32.2. The average Bonchev–Trinajstić information content (AvgIpc) is 3.64. The average molecular weight is 465 g/mol. The minimum Gasteiger partial charge on any atom is -0.497 e. The second kappa shape index (κ2) is 9.15. The molecule has 4 rings (SSSR count). The Kier molecular flexibility index (Phi) is 6.48. The number of hydrogen-bond acceptors (Lipinski definition) is 4. The first kappa shape index (κ1) is 22.7. The normalized spacial score (nSPS) is 17.8. The topological polar surface area (TPSA) is 66.9 Å². The molecule has 0 aromatic heterocycles. The second-order valence-corrected chi connectivity index (χ2v) is 10.2. The molecule has 0 N–H and O–H groups in total. The molecule has 2 aromatic carbocycles. The summed E-state index contributed by atoms with van der Waals surface area (Å²) in [5.41, 5.74) is 1.01. The molecule has 172 valence electrons. The van der Waals surface area contributed by atoms with Gasteiger partial charge in [-0.2, -0.15) is 4.31 Å². The Hall–Kier alpha value is -2.52. The molecule has 1 amide bonds. The fourth-order valence-electron chi connectivity index (χ4n) is 4.09. The zero-order valence-corrected chi connectivity index (χ0v) is 18.7. The predicted octanol–water partition coefficient (Wildman–Crippen LogP) is 3.57. The maximum atomic E-state index is 14.0. The lowest BCUT2D eigenvalue weighted by molar-refractivity contribution is -0.138. The molecule has 1 aliphatic heterocycles. The summed E-state index contributed by atoms with van der Waals surface area (Å²) >= 11 is 0. The number of rotatable bonds is 7. The summed E-state index contributed by atoms with van der Waals surface area (Å²) in [5, 5.41) is 0. The number of methoxy groups -OCH3 is 1. The molecule has 1 saturated carbocycles. The van der Waals surface area contributed by atoms with Crippen molar-refractivity contribution in [3.05, 3.63) is 59.7 Å². The van der Waals surface area contributed by atoms with Crippen LogP contribution in [0.1, 0.15) is 31.2 Å². The van der Waals surface area contributed by atoms with E-state index in [0.29, 0.717) is 25.5 Å². The number of halogens is 2. The van der Waals surface area contributed by atoms with Crippen LogP contribution in [0, 0.1) is 17.6 Å². The van der Waals surface area contributed by atoms with Crippen LogP contribution in [0.4, 0.5) is 8.78 Å². The highest BCUT2D eigenvalue weighted by molar-refractivity contribution is 7.89. The molecule has 0 atom stereocenters. The van der Waals surface area contributed by atoms with E-state index in [9.17, 15) is 22.0 Å². The van der Waals surface area contributed by atoms with Crippen molar-refractivity contribution in [2.45, 2.75) is 43.2 Å². The lowest BCUT2D eigenvalue weighted by atomic mass is 9.96. The van der Waals surface area contributed by atoms with E-state index in [0.717, 1.165) is 40.6 Å². The van der Waals surface area contributed by atoms with Gasteiger partial charge in [-0.15, -0.1) is 0 Å². The van der Waals surface area contributed by atoms with Crippen LogP contribution >= 0.6 is 0 Å². The lowest BCUT2D eigenvalue weighted by Gasteiger charge is -2.34. The van der Waals surface area contributed by atoms with Gasteiger partial charge in [0.2, 0.25) is 15.9 Å². The minimum atomic E-state index is -4.16. The SMILES string of the molecule is COc1ccc(CN(C(=O)C2CCN(S(=O)(=O)c3cc(F)ccc3F)CC2)C2CC2)cc1.